The van der Waals surface area contributed by atoms with Crippen molar-refractivity contribution in [3.8, 4) is 0 Å². The Hall–Kier alpha value is -1.40. The van der Waals surface area contributed by atoms with Crippen molar-refractivity contribution in [1.29, 1.82) is 0 Å². The first-order chi connectivity index (χ1) is 8.41. The van der Waals surface area contributed by atoms with Crippen LogP contribution in [0, 0.1) is 6.92 Å². The molecule has 1 rings (SSSR count). The number of carboxylic acid groups (broad SMARTS) is 1. The number of hydrogen-bond donors (Lipinski definition) is 2. The maximum absolute atomic E-state index is 11.9. The van der Waals surface area contributed by atoms with Crippen LogP contribution in [0.15, 0.2) is 11.4 Å². The Balaban J connectivity index is 2.50. The number of rotatable bonds is 6. The molecule has 1 aromatic rings. The first kappa shape index (κ1) is 14.7. The third-order valence-corrected chi connectivity index (χ3v) is 3.72. The standard InChI is InChI=1S/C12H18N2O3S/c1-8-5-6-18-10(8)7-14(2)12(17)9(13)3-4-11(15)16/h5-6,9H,3-4,7,13H2,1-2H3,(H,15,16). The summed E-state index contributed by atoms with van der Waals surface area (Å²) >= 11 is 1.60. The van der Waals surface area contributed by atoms with E-state index in [1.165, 1.54) is 0 Å². The lowest BCUT2D eigenvalue weighted by Crippen LogP contribution is -2.41. The highest BCUT2D eigenvalue weighted by Crippen LogP contribution is 2.17. The van der Waals surface area contributed by atoms with Crippen LogP contribution in [-0.4, -0.2) is 35.0 Å². The minimum atomic E-state index is -0.935. The van der Waals surface area contributed by atoms with Gasteiger partial charge in [-0.25, -0.2) is 0 Å². The molecule has 0 bridgehead atoms. The summed E-state index contributed by atoms with van der Waals surface area (Å²) in [7, 11) is 1.68. The molecule has 0 aliphatic heterocycles. The van der Waals surface area contributed by atoms with Crippen molar-refractivity contribution < 1.29 is 14.7 Å². The number of carbonyl (C=O) groups is 2. The van der Waals surface area contributed by atoms with Gasteiger partial charge in [0.25, 0.3) is 0 Å². The molecule has 0 aliphatic rings. The van der Waals surface area contributed by atoms with E-state index in [-0.39, 0.29) is 18.7 Å². The van der Waals surface area contributed by atoms with E-state index in [0.717, 1.165) is 10.4 Å². The summed E-state index contributed by atoms with van der Waals surface area (Å²) in [6, 6.07) is 1.26. The number of amides is 1. The van der Waals surface area contributed by atoms with Crippen LogP contribution in [0.25, 0.3) is 0 Å². The Kier molecular flexibility index (Phi) is 5.30. The highest BCUT2D eigenvalue weighted by Gasteiger charge is 2.19. The molecule has 1 amide bonds. The third kappa shape index (κ3) is 4.12. The molecule has 100 valence electrons. The van der Waals surface area contributed by atoms with Gasteiger partial charge in [0.15, 0.2) is 0 Å². The van der Waals surface area contributed by atoms with Crippen molar-refractivity contribution >= 4 is 23.2 Å². The highest BCUT2D eigenvalue weighted by molar-refractivity contribution is 7.10. The normalized spacial score (nSPS) is 12.2. The fourth-order valence-electron chi connectivity index (χ4n) is 1.54. The van der Waals surface area contributed by atoms with Crippen molar-refractivity contribution in [2.75, 3.05) is 7.05 Å². The van der Waals surface area contributed by atoms with Gasteiger partial charge in [-0.2, -0.15) is 0 Å². The maximum Gasteiger partial charge on any atom is 0.303 e. The van der Waals surface area contributed by atoms with Crippen LogP contribution >= 0.6 is 11.3 Å². The second kappa shape index (κ2) is 6.51. The van der Waals surface area contributed by atoms with Gasteiger partial charge in [0, 0.05) is 18.3 Å². The van der Waals surface area contributed by atoms with Gasteiger partial charge in [0.1, 0.15) is 0 Å². The molecular weight excluding hydrogens is 252 g/mol. The first-order valence-electron chi connectivity index (χ1n) is 5.67. The minimum absolute atomic E-state index is 0.0845. The SMILES string of the molecule is Cc1ccsc1CN(C)C(=O)C(N)CCC(=O)O. The third-order valence-electron chi connectivity index (χ3n) is 2.71. The van der Waals surface area contributed by atoms with Gasteiger partial charge in [0.2, 0.25) is 5.91 Å². The minimum Gasteiger partial charge on any atom is -0.481 e. The van der Waals surface area contributed by atoms with E-state index in [4.69, 9.17) is 10.8 Å². The summed E-state index contributed by atoms with van der Waals surface area (Å²) < 4.78 is 0. The summed E-state index contributed by atoms with van der Waals surface area (Å²) in [5.74, 6) is -1.15. The number of carbonyl (C=O) groups excluding carboxylic acids is 1. The van der Waals surface area contributed by atoms with Crippen molar-refractivity contribution in [3.63, 3.8) is 0 Å². The summed E-state index contributed by atoms with van der Waals surface area (Å²) in [6.45, 7) is 2.51. The monoisotopic (exact) mass is 270 g/mol. The number of thiophene rings is 1. The van der Waals surface area contributed by atoms with Crippen LogP contribution in [0.1, 0.15) is 23.3 Å². The van der Waals surface area contributed by atoms with E-state index in [2.05, 4.69) is 0 Å². The molecule has 1 aromatic heterocycles. The van der Waals surface area contributed by atoms with Crippen molar-refractivity contribution in [2.24, 2.45) is 5.73 Å². The smallest absolute Gasteiger partial charge is 0.303 e. The second-order valence-corrected chi connectivity index (χ2v) is 5.26. The molecule has 0 spiro atoms. The fraction of sp³-hybridized carbons (Fsp3) is 0.500. The summed E-state index contributed by atoms with van der Waals surface area (Å²) in [5.41, 5.74) is 6.83. The molecule has 1 atom stereocenters. The number of nitrogens with zero attached hydrogens (tertiary/aromatic N) is 1. The summed E-state index contributed by atoms with van der Waals surface area (Å²) in [6.07, 6.45) is 0.0840. The molecule has 1 heterocycles. The molecule has 0 aliphatic carbocycles. The molecule has 3 N–H and O–H groups in total. The second-order valence-electron chi connectivity index (χ2n) is 4.26. The fourth-order valence-corrected chi connectivity index (χ4v) is 2.50. The van der Waals surface area contributed by atoms with Gasteiger partial charge in [-0.15, -0.1) is 11.3 Å². The molecule has 0 saturated carbocycles. The van der Waals surface area contributed by atoms with Gasteiger partial charge in [-0.3, -0.25) is 9.59 Å². The molecule has 0 fully saturated rings. The Morgan fingerprint density at radius 2 is 2.22 bits per heavy atom. The molecule has 0 saturated heterocycles. The van der Waals surface area contributed by atoms with E-state index in [9.17, 15) is 9.59 Å². The van der Waals surface area contributed by atoms with Crippen LogP contribution in [0.2, 0.25) is 0 Å². The van der Waals surface area contributed by atoms with Crippen molar-refractivity contribution in [3.05, 3.63) is 21.9 Å². The van der Waals surface area contributed by atoms with Gasteiger partial charge in [-0.05, 0) is 30.4 Å². The van der Waals surface area contributed by atoms with Gasteiger partial charge in [-0.1, -0.05) is 0 Å². The molecular formula is C12H18N2O3S. The number of nitrogens with two attached hydrogens (primary N) is 1. The summed E-state index contributed by atoms with van der Waals surface area (Å²) in [4.78, 5) is 25.0. The predicted molar refractivity (Wildman–Crippen MR) is 70.4 cm³/mol. The topological polar surface area (TPSA) is 83.6 Å². The molecule has 6 heteroatoms. The summed E-state index contributed by atoms with van der Waals surface area (Å²) in [5, 5.41) is 10.5. The number of likely N-dealkylation sites (N-methyl/N-ethyl adjacent to an activating group) is 1. The molecule has 5 nitrogen and oxygen atoms in total. The zero-order valence-corrected chi connectivity index (χ0v) is 11.4. The van der Waals surface area contributed by atoms with Gasteiger partial charge >= 0.3 is 5.97 Å². The Morgan fingerprint density at radius 1 is 1.56 bits per heavy atom. The lowest BCUT2D eigenvalue weighted by Gasteiger charge is -2.20. The number of aliphatic carboxylic acids is 1. The van der Waals surface area contributed by atoms with Crippen molar-refractivity contribution in [1.82, 2.24) is 4.90 Å². The molecule has 0 aromatic carbocycles. The van der Waals surface area contributed by atoms with Crippen molar-refractivity contribution in [2.45, 2.75) is 32.4 Å². The number of aryl methyl sites for hydroxylation is 1. The maximum atomic E-state index is 11.9. The zero-order valence-electron chi connectivity index (χ0n) is 10.5. The predicted octanol–water partition coefficient (Wildman–Crippen LogP) is 1.21. The quantitative estimate of drug-likeness (QED) is 0.813. The first-order valence-corrected chi connectivity index (χ1v) is 6.55. The van der Waals surface area contributed by atoms with Crippen LogP contribution in [0.5, 0.6) is 0 Å². The average Bonchev–Trinajstić information content (AvgIpc) is 2.70. The highest BCUT2D eigenvalue weighted by atomic mass is 32.1. The van der Waals surface area contributed by atoms with E-state index >= 15 is 0 Å². The average molecular weight is 270 g/mol. The zero-order chi connectivity index (χ0) is 13.7. The Bertz CT molecular complexity index is 431. The lowest BCUT2D eigenvalue weighted by molar-refractivity contribution is -0.137. The van der Waals surface area contributed by atoms with Crippen LogP contribution < -0.4 is 5.73 Å². The lowest BCUT2D eigenvalue weighted by atomic mass is 10.1. The van der Waals surface area contributed by atoms with E-state index in [1.54, 1.807) is 23.3 Å². The van der Waals surface area contributed by atoms with Crippen LogP contribution in [0.4, 0.5) is 0 Å². The largest absolute Gasteiger partial charge is 0.481 e. The van der Waals surface area contributed by atoms with E-state index in [1.807, 2.05) is 18.4 Å². The molecule has 18 heavy (non-hydrogen) atoms. The number of hydrogen-bond acceptors (Lipinski definition) is 4. The van der Waals surface area contributed by atoms with Crippen LogP contribution in [-0.2, 0) is 16.1 Å². The van der Waals surface area contributed by atoms with E-state index in [0.29, 0.717) is 6.54 Å². The van der Waals surface area contributed by atoms with Gasteiger partial charge in [0.05, 0.1) is 12.6 Å². The number of carboxylic acids is 1. The Labute approximate surface area is 110 Å². The molecule has 0 radical (unpaired) electrons. The Morgan fingerprint density at radius 3 is 2.72 bits per heavy atom. The molecule has 1 unspecified atom stereocenters. The van der Waals surface area contributed by atoms with E-state index < -0.39 is 12.0 Å². The van der Waals surface area contributed by atoms with Gasteiger partial charge < -0.3 is 15.7 Å². The van der Waals surface area contributed by atoms with Crippen LogP contribution in [0.3, 0.4) is 0 Å².